The van der Waals surface area contributed by atoms with Gasteiger partial charge in [-0.25, -0.2) is 0 Å². The number of carbonyl (C=O) groups is 1. The molecular weight excluding hydrogens is 200 g/mol. The van der Waals surface area contributed by atoms with Crippen LogP contribution in [-0.2, 0) is 4.79 Å². The van der Waals surface area contributed by atoms with Crippen LogP contribution in [0.5, 0.6) is 0 Å². The molecule has 0 aromatic rings. The summed E-state index contributed by atoms with van der Waals surface area (Å²) >= 11 is 0. The molecule has 1 N–H and O–H groups in total. The summed E-state index contributed by atoms with van der Waals surface area (Å²) in [5, 5.41) is 3.38. The number of ketones is 1. The number of nitrogens with one attached hydrogen (secondary N) is 1. The van der Waals surface area contributed by atoms with E-state index in [9.17, 15) is 4.79 Å². The molecule has 0 aromatic heterocycles. The zero-order valence-electron chi connectivity index (χ0n) is 10.8. The smallest absolute Gasteiger partial charge is 0.146 e. The first-order chi connectivity index (χ1) is 7.77. The third-order valence-corrected chi connectivity index (χ3v) is 3.24. The van der Waals surface area contributed by atoms with E-state index in [2.05, 4.69) is 24.1 Å². The Labute approximate surface area is 99.6 Å². The van der Waals surface area contributed by atoms with Gasteiger partial charge in [-0.1, -0.05) is 13.8 Å². The second-order valence-electron chi connectivity index (χ2n) is 4.74. The van der Waals surface area contributed by atoms with Crippen molar-refractivity contribution in [2.24, 2.45) is 0 Å². The molecule has 0 unspecified atom stereocenters. The van der Waals surface area contributed by atoms with Crippen LogP contribution in [0.3, 0.4) is 0 Å². The van der Waals surface area contributed by atoms with Gasteiger partial charge >= 0.3 is 0 Å². The van der Waals surface area contributed by atoms with E-state index in [0.717, 1.165) is 38.9 Å². The van der Waals surface area contributed by atoms with E-state index in [-0.39, 0.29) is 0 Å². The van der Waals surface area contributed by atoms with Gasteiger partial charge in [0.25, 0.3) is 0 Å². The van der Waals surface area contributed by atoms with Gasteiger partial charge in [0.15, 0.2) is 0 Å². The minimum absolute atomic E-state index is 0.412. The van der Waals surface area contributed by atoms with Crippen LogP contribution in [0, 0.1) is 0 Å². The minimum Gasteiger partial charge on any atom is -0.317 e. The predicted molar refractivity (Wildman–Crippen MR) is 67.7 cm³/mol. The van der Waals surface area contributed by atoms with Crippen LogP contribution >= 0.6 is 0 Å². The quantitative estimate of drug-likeness (QED) is 0.718. The third-order valence-electron chi connectivity index (χ3n) is 3.24. The maximum Gasteiger partial charge on any atom is 0.146 e. The Morgan fingerprint density at radius 1 is 1.25 bits per heavy atom. The number of rotatable bonds is 7. The molecule has 0 aliphatic carbocycles. The van der Waals surface area contributed by atoms with Crippen molar-refractivity contribution in [2.75, 3.05) is 26.2 Å². The van der Waals surface area contributed by atoms with Crippen molar-refractivity contribution in [3.8, 4) is 0 Å². The van der Waals surface area contributed by atoms with Crippen molar-refractivity contribution in [1.82, 2.24) is 10.2 Å². The molecule has 3 nitrogen and oxygen atoms in total. The van der Waals surface area contributed by atoms with Crippen LogP contribution in [0.25, 0.3) is 0 Å². The van der Waals surface area contributed by atoms with E-state index in [1.165, 1.54) is 12.8 Å². The van der Waals surface area contributed by atoms with Crippen LogP contribution in [-0.4, -0.2) is 42.9 Å². The lowest BCUT2D eigenvalue weighted by molar-refractivity contribution is -0.120. The highest BCUT2D eigenvalue weighted by Gasteiger charge is 2.21. The zero-order chi connectivity index (χ0) is 11.8. The summed E-state index contributed by atoms with van der Waals surface area (Å²) in [6.45, 7) is 8.22. The van der Waals surface area contributed by atoms with E-state index in [0.29, 0.717) is 18.4 Å². The van der Waals surface area contributed by atoms with Crippen molar-refractivity contribution < 1.29 is 4.79 Å². The summed E-state index contributed by atoms with van der Waals surface area (Å²) in [7, 11) is 0. The maximum atomic E-state index is 11.7. The number of Topliss-reactive ketones (excluding diaryl/α,β-unsaturated/α-hetero) is 1. The minimum atomic E-state index is 0.412. The molecule has 1 aliphatic heterocycles. The lowest BCUT2D eigenvalue weighted by atomic mass is 10.0. The lowest BCUT2D eigenvalue weighted by Crippen LogP contribution is -2.45. The average molecular weight is 226 g/mol. The first-order valence-electron chi connectivity index (χ1n) is 6.74. The molecule has 1 saturated heterocycles. The summed E-state index contributed by atoms with van der Waals surface area (Å²) in [6.07, 6.45) is 5.25. The molecule has 1 heterocycles. The van der Waals surface area contributed by atoms with Gasteiger partial charge in [0.05, 0.1) is 6.54 Å². The number of hydrogen-bond acceptors (Lipinski definition) is 3. The number of piperidine rings is 1. The molecular formula is C13H26N2O. The van der Waals surface area contributed by atoms with Crippen LogP contribution in [0.1, 0.15) is 46.0 Å². The van der Waals surface area contributed by atoms with Gasteiger partial charge in [-0.2, -0.15) is 0 Å². The molecule has 3 heteroatoms. The van der Waals surface area contributed by atoms with E-state index < -0.39 is 0 Å². The number of carbonyl (C=O) groups excluding carboxylic acids is 1. The van der Waals surface area contributed by atoms with E-state index in [1.807, 2.05) is 0 Å². The van der Waals surface area contributed by atoms with E-state index in [1.54, 1.807) is 0 Å². The normalized spacial score (nSPS) is 17.9. The van der Waals surface area contributed by atoms with Gasteiger partial charge in [-0.3, -0.25) is 9.69 Å². The highest BCUT2D eigenvalue weighted by molar-refractivity contribution is 5.80. The zero-order valence-corrected chi connectivity index (χ0v) is 10.8. The van der Waals surface area contributed by atoms with Crippen molar-refractivity contribution in [2.45, 2.75) is 52.0 Å². The molecule has 0 radical (unpaired) electrons. The molecule has 0 saturated carbocycles. The van der Waals surface area contributed by atoms with Gasteiger partial charge in [-0.15, -0.1) is 0 Å². The van der Waals surface area contributed by atoms with Gasteiger partial charge in [0, 0.05) is 12.5 Å². The van der Waals surface area contributed by atoms with Crippen molar-refractivity contribution >= 4 is 5.78 Å². The molecule has 0 spiro atoms. The Kier molecular flexibility index (Phi) is 6.65. The standard InChI is InChI=1S/C13H26N2O/c1-3-5-13(16)11-15(10-4-2)12-6-8-14-9-7-12/h12,14H,3-11H2,1-2H3. The molecule has 0 amide bonds. The van der Waals surface area contributed by atoms with Gasteiger partial charge < -0.3 is 5.32 Å². The summed E-state index contributed by atoms with van der Waals surface area (Å²) in [6, 6.07) is 0.627. The highest BCUT2D eigenvalue weighted by Crippen LogP contribution is 2.12. The predicted octanol–water partition coefficient (Wildman–Crippen LogP) is 1.82. The van der Waals surface area contributed by atoms with Crippen molar-refractivity contribution in [1.29, 1.82) is 0 Å². The first kappa shape index (κ1) is 13.7. The Hall–Kier alpha value is -0.410. The molecule has 94 valence electrons. The fraction of sp³-hybridized carbons (Fsp3) is 0.923. The second-order valence-corrected chi connectivity index (χ2v) is 4.74. The molecule has 0 aromatic carbocycles. The Bertz CT molecular complexity index is 200. The third kappa shape index (κ3) is 4.62. The lowest BCUT2D eigenvalue weighted by Gasteiger charge is -2.34. The Morgan fingerprint density at radius 2 is 1.94 bits per heavy atom. The van der Waals surface area contributed by atoms with Gasteiger partial charge in [0.1, 0.15) is 5.78 Å². The Balaban J connectivity index is 2.41. The fourth-order valence-corrected chi connectivity index (χ4v) is 2.43. The van der Waals surface area contributed by atoms with Crippen LogP contribution in [0.15, 0.2) is 0 Å². The molecule has 0 atom stereocenters. The first-order valence-corrected chi connectivity index (χ1v) is 6.74. The van der Waals surface area contributed by atoms with Crippen LogP contribution in [0.4, 0.5) is 0 Å². The largest absolute Gasteiger partial charge is 0.317 e. The molecule has 1 fully saturated rings. The number of nitrogens with zero attached hydrogens (tertiary/aromatic N) is 1. The summed E-state index contributed by atoms with van der Waals surface area (Å²) in [5.74, 6) is 0.412. The van der Waals surface area contributed by atoms with Gasteiger partial charge in [-0.05, 0) is 45.3 Å². The summed E-state index contributed by atoms with van der Waals surface area (Å²) in [5.41, 5.74) is 0. The molecule has 16 heavy (non-hydrogen) atoms. The average Bonchev–Trinajstić information content (AvgIpc) is 2.30. The fourth-order valence-electron chi connectivity index (χ4n) is 2.43. The van der Waals surface area contributed by atoms with Crippen molar-refractivity contribution in [3.63, 3.8) is 0 Å². The highest BCUT2D eigenvalue weighted by atomic mass is 16.1. The summed E-state index contributed by atoms with van der Waals surface area (Å²) in [4.78, 5) is 14.1. The molecule has 1 aliphatic rings. The SMILES string of the molecule is CCCC(=O)CN(CCC)C1CCNCC1. The van der Waals surface area contributed by atoms with E-state index in [4.69, 9.17) is 0 Å². The topological polar surface area (TPSA) is 32.3 Å². The van der Waals surface area contributed by atoms with Gasteiger partial charge in [0.2, 0.25) is 0 Å². The van der Waals surface area contributed by atoms with E-state index >= 15 is 0 Å². The number of hydrogen-bond donors (Lipinski definition) is 1. The maximum absolute atomic E-state index is 11.7. The van der Waals surface area contributed by atoms with Crippen LogP contribution in [0.2, 0.25) is 0 Å². The summed E-state index contributed by atoms with van der Waals surface area (Å²) < 4.78 is 0. The Morgan fingerprint density at radius 3 is 2.50 bits per heavy atom. The second kappa shape index (κ2) is 7.80. The molecule has 1 rings (SSSR count). The monoisotopic (exact) mass is 226 g/mol. The van der Waals surface area contributed by atoms with Crippen molar-refractivity contribution in [3.05, 3.63) is 0 Å². The van der Waals surface area contributed by atoms with Crippen LogP contribution < -0.4 is 5.32 Å². The molecule has 0 bridgehead atoms.